The molecule has 0 saturated heterocycles. The van der Waals surface area contributed by atoms with Gasteiger partial charge in [-0.3, -0.25) is 0 Å². The predicted molar refractivity (Wildman–Crippen MR) is 163 cm³/mol. The van der Waals surface area contributed by atoms with Gasteiger partial charge in [-0.15, -0.1) is 0 Å². The van der Waals surface area contributed by atoms with Crippen LogP contribution in [0.5, 0.6) is 0 Å². The Kier molecular flexibility index (Phi) is 9.53. The van der Waals surface area contributed by atoms with Crippen LogP contribution < -0.4 is 10.6 Å². The quantitative estimate of drug-likeness (QED) is 0.206. The Hall–Kier alpha value is -3.25. The van der Waals surface area contributed by atoms with Crippen molar-refractivity contribution in [2.24, 2.45) is 0 Å². The highest BCUT2D eigenvalue weighted by Gasteiger charge is 2.37. The van der Waals surface area contributed by atoms with Gasteiger partial charge >= 0.3 is 0 Å². The topological polar surface area (TPSA) is 44.3 Å². The molecule has 1 aliphatic rings. The standard InChI is InChI=1S/C35H43F3N2O/c1-6-8-27-20-31(15-16-32(27)39-22-34(4,5)29-17-23(2)18-30(36)21-29)40-33(26-9-7-10-26)19-25-11-13-28(14-12-25)35(37,38)24(3)41/h11-18,20-21,24,39-41H,6-10,19,22H2,1-5H3. The number of hydrogen-bond acceptors (Lipinski definition) is 3. The number of anilines is 2. The van der Waals surface area contributed by atoms with E-state index in [4.69, 9.17) is 0 Å². The maximum Gasteiger partial charge on any atom is 0.298 e. The van der Waals surface area contributed by atoms with Crippen molar-refractivity contribution in [1.82, 2.24) is 0 Å². The minimum atomic E-state index is -3.27. The van der Waals surface area contributed by atoms with Gasteiger partial charge in [0.2, 0.25) is 0 Å². The maximum absolute atomic E-state index is 14.2. The lowest BCUT2D eigenvalue weighted by Gasteiger charge is -2.28. The van der Waals surface area contributed by atoms with Crippen molar-refractivity contribution in [3.05, 3.63) is 106 Å². The first kappa shape index (κ1) is 30.7. The molecule has 0 bridgehead atoms. The first-order valence-electron chi connectivity index (χ1n) is 14.7. The predicted octanol–water partition coefficient (Wildman–Crippen LogP) is 9.04. The highest BCUT2D eigenvalue weighted by Crippen LogP contribution is 2.35. The van der Waals surface area contributed by atoms with Gasteiger partial charge in [0.1, 0.15) is 11.9 Å². The van der Waals surface area contributed by atoms with Crippen LogP contribution in [0.4, 0.5) is 24.5 Å². The third kappa shape index (κ3) is 7.53. The molecule has 3 nitrogen and oxygen atoms in total. The fourth-order valence-electron chi connectivity index (χ4n) is 5.24. The number of rotatable bonds is 12. The normalized spacial score (nSPS) is 14.4. The first-order valence-corrected chi connectivity index (χ1v) is 14.7. The average Bonchev–Trinajstić information content (AvgIpc) is 2.87. The molecule has 6 heteroatoms. The monoisotopic (exact) mass is 564 g/mol. The van der Waals surface area contributed by atoms with E-state index < -0.39 is 12.0 Å². The number of aliphatic hydroxyl groups is 1. The Labute approximate surface area is 242 Å². The Balaban J connectivity index is 1.50. The van der Waals surface area contributed by atoms with E-state index in [1.54, 1.807) is 24.3 Å². The van der Waals surface area contributed by atoms with Gasteiger partial charge in [0, 0.05) is 41.0 Å². The number of allylic oxidation sites excluding steroid dienone is 2. The zero-order valence-corrected chi connectivity index (χ0v) is 24.9. The van der Waals surface area contributed by atoms with Crippen LogP contribution >= 0.6 is 0 Å². The van der Waals surface area contributed by atoms with E-state index in [-0.39, 0.29) is 16.8 Å². The van der Waals surface area contributed by atoms with Crippen LogP contribution in [0.25, 0.3) is 0 Å². The molecular weight excluding hydrogens is 521 g/mol. The molecule has 0 spiro atoms. The minimum Gasteiger partial charge on any atom is -0.387 e. The number of aliphatic hydroxyl groups excluding tert-OH is 1. The van der Waals surface area contributed by atoms with Crippen LogP contribution in [-0.4, -0.2) is 17.8 Å². The number of alkyl halides is 2. The fraction of sp³-hybridized carbons (Fsp3) is 0.429. The summed E-state index contributed by atoms with van der Waals surface area (Å²) in [5.41, 5.74) is 8.18. The maximum atomic E-state index is 14.2. The summed E-state index contributed by atoms with van der Waals surface area (Å²) in [5.74, 6) is -3.48. The van der Waals surface area contributed by atoms with Gasteiger partial charge < -0.3 is 15.7 Å². The molecule has 220 valence electrons. The number of nitrogens with one attached hydrogen (secondary N) is 2. The van der Waals surface area contributed by atoms with Crippen LogP contribution in [0.1, 0.15) is 81.2 Å². The third-order valence-corrected chi connectivity index (χ3v) is 8.09. The van der Waals surface area contributed by atoms with Crippen molar-refractivity contribution >= 4 is 11.4 Å². The van der Waals surface area contributed by atoms with Crippen molar-refractivity contribution < 1.29 is 18.3 Å². The lowest BCUT2D eigenvalue weighted by Crippen LogP contribution is -2.28. The molecular formula is C35H43F3N2O. The summed E-state index contributed by atoms with van der Waals surface area (Å²) in [6, 6.07) is 17.9. The molecule has 0 amide bonds. The zero-order valence-electron chi connectivity index (χ0n) is 24.9. The molecule has 1 aliphatic carbocycles. The molecule has 0 heterocycles. The van der Waals surface area contributed by atoms with E-state index in [9.17, 15) is 18.3 Å². The lowest BCUT2D eigenvalue weighted by molar-refractivity contribution is -0.106. The van der Waals surface area contributed by atoms with E-state index in [1.807, 2.05) is 13.0 Å². The second-order valence-corrected chi connectivity index (χ2v) is 12.1. The smallest absolute Gasteiger partial charge is 0.298 e. The van der Waals surface area contributed by atoms with Crippen LogP contribution in [-0.2, 0) is 24.2 Å². The molecule has 3 aromatic rings. The van der Waals surface area contributed by atoms with Crippen molar-refractivity contribution in [3.63, 3.8) is 0 Å². The Morgan fingerprint density at radius 2 is 1.68 bits per heavy atom. The van der Waals surface area contributed by atoms with E-state index >= 15 is 0 Å². The van der Waals surface area contributed by atoms with E-state index in [2.05, 4.69) is 49.6 Å². The van der Waals surface area contributed by atoms with E-state index in [0.717, 1.165) is 72.8 Å². The molecule has 1 unspecified atom stereocenters. The van der Waals surface area contributed by atoms with Gasteiger partial charge in [-0.25, -0.2) is 4.39 Å². The number of hydrogen-bond donors (Lipinski definition) is 3. The van der Waals surface area contributed by atoms with E-state index in [1.165, 1.54) is 23.3 Å². The van der Waals surface area contributed by atoms with Crippen LogP contribution in [0, 0.1) is 12.7 Å². The van der Waals surface area contributed by atoms with Crippen molar-refractivity contribution in [1.29, 1.82) is 0 Å². The van der Waals surface area contributed by atoms with Crippen molar-refractivity contribution in [2.75, 3.05) is 17.2 Å². The highest BCUT2D eigenvalue weighted by molar-refractivity contribution is 5.62. The highest BCUT2D eigenvalue weighted by atomic mass is 19.3. The van der Waals surface area contributed by atoms with Gasteiger partial charge in [0.05, 0.1) is 0 Å². The van der Waals surface area contributed by atoms with E-state index in [0.29, 0.717) is 13.0 Å². The largest absolute Gasteiger partial charge is 0.387 e. The van der Waals surface area contributed by atoms with Crippen molar-refractivity contribution in [2.45, 2.75) is 90.6 Å². The first-order chi connectivity index (χ1) is 19.4. The summed E-state index contributed by atoms with van der Waals surface area (Å²) in [6.07, 6.45) is 4.04. The molecule has 0 radical (unpaired) electrons. The Morgan fingerprint density at radius 1 is 0.976 bits per heavy atom. The van der Waals surface area contributed by atoms with Gasteiger partial charge in [-0.2, -0.15) is 8.78 Å². The van der Waals surface area contributed by atoms with Crippen LogP contribution in [0.3, 0.4) is 0 Å². The SMILES string of the molecule is CCCc1cc(NC(Cc2ccc(C(F)(F)C(C)O)cc2)=C2CCC2)ccc1NCC(C)(C)c1cc(C)cc(F)c1. The summed E-state index contributed by atoms with van der Waals surface area (Å²) in [4.78, 5) is 0. The van der Waals surface area contributed by atoms with Gasteiger partial charge in [0.15, 0.2) is 0 Å². The van der Waals surface area contributed by atoms with Crippen LogP contribution in [0.15, 0.2) is 71.9 Å². The molecule has 4 rings (SSSR count). The van der Waals surface area contributed by atoms with Gasteiger partial charge in [0.25, 0.3) is 5.92 Å². The minimum absolute atomic E-state index is 0.176. The Morgan fingerprint density at radius 3 is 2.27 bits per heavy atom. The Bertz CT molecular complexity index is 1350. The second-order valence-electron chi connectivity index (χ2n) is 12.1. The van der Waals surface area contributed by atoms with Crippen molar-refractivity contribution in [3.8, 4) is 0 Å². The molecule has 0 aromatic heterocycles. The summed E-state index contributed by atoms with van der Waals surface area (Å²) >= 11 is 0. The molecule has 3 N–H and O–H groups in total. The summed E-state index contributed by atoms with van der Waals surface area (Å²) in [5, 5.41) is 16.7. The fourth-order valence-corrected chi connectivity index (χ4v) is 5.24. The molecule has 41 heavy (non-hydrogen) atoms. The molecule has 3 aromatic carbocycles. The van der Waals surface area contributed by atoms with Crippen LogP contribution in [0.2, 0.25) is 0 Å². The average molecular weight is 565 g/mol. The molecule has 0 aliphatic heterocycles. The van der Waals surface area contributed by atoms with Gasteiger partial charge in [-0.05, 0) is 92.1 Å². The molecule has 1 fully saturated rings. The summed E-state index contributed by atoms with van der Waals surface area (Å²) in [6.45, 7) is 10.1. The summed E-state index contributed by atoms with van der Waals surface area (Å²) < 4.78 is 42.5. The second kappa shape index (κ2) is 12.7. The molecule has 1 atom stereocenters. The zero-order chi connectivity index (χ0) is 29.8. The third-order valence-electron chi connectivity index (χ3n) is 8.09. The number of halogens is 3. The number of aryl methyl sites for hydroxylation is 2. The lowest BCUT2D eigenvalue weighted by atomic mass is 9.83. The van der Waals surface area contributed by atoms with Gasteiger partial charge in [-0.1, -0.05) is 63.1 Å². The molecule has 1 saturated carbocycles. The summed E-state index contributed by atoms with van der Waals surface area (Å²) in [7, 11) is 0. The number of benzene rings is 3.